The molecule has 1 aromatic carbocycles. The monoisotopic (exact) mass is 331 g/mol. The summed E-state index contributed by atoms with van der Waals surface area (Å²) in [5.41, 5.74) is 7.22. The molecule has 1 atom stereocenters. The lowest BCUT2D eigenvalue weighted by Gasteiger charge is -2.19. The lowest BCUT2D eigenvalue weighted by molar-refractivity contribution is -0.121. The van der Waals surface area contributed by atoms with Gasteiger partial charge < -0.3 is 15.4 Å². The number of carbonyl (C=O) groups is 1. The summed E-state index contributed by atoms with van der Waals surface area (Å²) in [5.74, 6) is 0.695. The highest BCUT2D eigenvalue weighted by molar-refractivity contribution is 6.32. The number of pyridine rings is 1. The third-order valence-electron chi connectivity index (χ3n) is 3.95. The largest absolute Gasteiger partial charge is 0.437 e. The third-order valence-corrected chi connectivity index (χ3v) is 4.26. The first-order valence-corrected chi connectivity index (χ1v) is 7.86. The maximum Gasteiger partial charge on any atom is 0.222 e. The van der Waals surface area contributed by atoms with Gasteiger partial charge in [-0.25, -0.2) is 4.98 Å². The molecule has 2 N–H and O–H groups in total. The average Bonchev–Trinajstić information content (AvgIpc) is 3.00. The van der Waals surface area contributed by atoms with E-state index in [1.165, 1.54) is 0 Å². The predicted octanol–water partition coefficient (Wildman–Crippen LogP) is 3.15. The molecule has 0 saturated carbocycles. The maximum absolute atomic E-state index is 11.3. The summed E-state index contributed by atoms with van der Waals surface area (Å²) in [7, 11) is 0. The van der Waals surface area contributed by atoms with Crippen LogP contribution in [0, 0.1) is 12.8 Å². The molecule has 1 saturated heterocycles. The lowest BCUT2D eigenvalue weighted by Crippen LogP contribution is -2.27. The second kappa shape index (κ2) is 6.46. The van der Waals surface area contributed by atoms with Gasteiger partial charge in [0.05, 0.1) is 10.9 Å². The van der Waals surface area contributed by atoms with Gasteiger partial charge in [-0.2, -0.15) is 0 Å². The van der Waals surface area contributed by atoms with E-state index in [9.17, 15) is 4.79 Å². The number of rotatable bonds is 4. The van der Waals surface area contributed by atoms with Crippen molar-refractivity contribution in [1.29, 1.82) is 0 Å². The molecule has 120 valence electrons. The summed E-state index contributed by atoms with van der Waals surface area (Å²) < 4.78 is 5.80. The molecule has 1 aliphatic rings. The van der Waals surface area contributed by atoms with Crippen LogP contribution in [0.3, 0.4) is 0 Å². The number of hydrogen-bond acceptors (Lipinski definition) is 4. The van der Waals surface area contributed by atoms with Gasteiger partial charge in [-0.15, -0.1) is 0 Å². The van der Waals surface area contributed by atoms with Gasteiger partial charge >= 0.3 is 0 Å². The third kappa shape index (κ3) is 3.56. The average molecular weight is 332 g/mol. The Hall–Kier alpha value is -2.27. The molecular weight excluding hydrogens is 314 g/mol. The van der Waals surface area contributed by atoms with Gasteiger partial charge in [0.1, 0.15) is 5.75 Å². The van der Waals surface area contributed by atoms with E-state index in [1.807, 2.05) is 31.2 Å². The molecule has 3 rings (SSSR count). The van der Waals surface area contributed by atoms with E-state index in [2.05, 4.69) is 9.88 Å². The zero-order chi connectivity index (χ0) is 16.4. The molecule has 1 amide bonds. The number of primary amides is 1. The normalized spacial score (nSPS) is 17.3. The van der Waals surface area contributed by atoms with E-state index >= 15 is 0 Å². The Balaban J connectivity index is 1.81. The molecule has 0 spiro atoms. The smallest absolute Gasteiger partial charge is 0.222 e. The van der Waals surface area contributed by atoms with Gasteiger partial charge in [0.25, 0.3) is 0 Å². The molecule has 0 aliphatic carbocycles. The fourth-order valence-corrected chi connectivity index (χ4v) is 2.84. The van der Waals surface area contributed by atoms with E-state index < -0.39 is 0 Å². The number of aromatic nitrogens is 1. The minimum atomic E-state index is -0.248. The van der Waals surface area contributed by atoms with Gasteiger partial charge in [-0.1, -0.05) is 17.7 Å². The van der Waals surface area contributed by atoms with Crippen molar-refractivity contribution in [2.24, 2.45) is 11.7 Å². The Morgan fingerprint density at radius 3 is 2.91 bits per heavy atom. The topological polar surface area (TPSA) is 68.5 Å². The minimum Gasteiger partial charge on any atom is -0.437 e. The fourth-order valence-electron chi connectivity index (χ4n) is 2.68. The van der Waals surface area contributed by atoms with E-state index in [1.54, 1.807) is 12.1 Å². The van der Waals surface area contributed by atoms with Crippen molar-refractivity contribution in [1.82, 2.24) is 4.98 Å². The second-order valence-corrected chi connectivity index (χ2v) is 6.08. The molecule has 2 aromatic rings. The quantitative estimate of drug-likeness (QED) is 0.934. The number of nitrogens with two attached hydrogens (primary N) is 1. The van der Waals surface area contributed by atoms with E-state index in [0.29, 0.717) is 23.2 Å². The first-order valence-electron chi connectivity index (χ1n) is 7.48. The molecule has 2 heterocycles. The summed E-state index contributed by atoms with van der Waals surface area (Å²) in [4.78, 5) is 17.7. The van der Waals surface area contributed by atoms with Crippen LogP contribution in [0.15, 0.2) is 36.4 Å². The Kier molecular flexibility index (Phi) is 4.39. The Labute approximate surface area is 140 Å². The molecule has 1 fully saturated rings. The minimum absolute atomic E-state index is 0.103. The summed E-state index contributed by atoms with van der Waals surface area (Å²) in [6, 6.07) is 11.2. The standard InChI is InChI=1S/C17H18ClN3O2/c1-11-3-2-4-16(20-11)23-15-9-13(5-6-14(15)18)21-8-7-12(10-21)17(19)22/h2-6,9,12H,7-8,10H2,1H3,(H2,19,22). The summed E-state index contributed by atoms with van der Waals surface area (Å²) in [6.45, 7) is 3.32. The summed E-state index contributed by atoms with van der Waals surface area (Å²) >= 11 is 6.23. The van der Waals surface area contributed by atoms with Gasteiger partial charge in [0.2, 0.25) is 11.8 Å². The number of carbonyl (C=O) groups excluding carboxylic acids is 1. The number of aryl methyl sites for hydroxylation is 1. The molecule has 5 nitrogen and oxygen atoms in total. The van der Waals surface area contributed by atoms with Crippen LogP contribution in [0.4, 0.5) is 5.69 Å². The van der Waals surface area contributed by atoms with E-state index in [-0.39, 0.29) is 11.8 Å². The molecule has 1 unspecified atom stereocenters. The number of amides is 1. The van der Waals surface area contributed by atoms with Gasteiger partial charge in [0.15, 0.2) is 0 Å². The first kappa shape index (κ1) is 15.6. The Morgan fingerprint density at radius 2 is 2.22 bits per heavy atom. The zero-order valence-corrected chi connectivity index (χ0v) is 13.6. The van der Waals surface area contributed by atoms with Crippen molar-refractivity contribution >= 4 is 23.2 Å². The van der Waals surface area contributed by atoms with Crippen molar-refractivity contribution in [2.75, 3.05) is 18.0 Å². The first-order chi connectivity index (χ1) is 11.0. The van der Waals surface area contributed by atoms with Crippen molar-refractivity contribution in [3.05, 3.63) is 47.1 Å². The molecule has 1 aromatic heterocycles. The molecule has 0 bridgehead atoms. The van der Waals surface area contributed by atoms with Gasteiger partial charge in [0, 0.05) is 36.6 Å². The van der Waals surface area contributed by atoms with Crippen molar-refractivity contribution in [3.63, 3.8) is 0 Å². The van der Waals surface area contributed by atoms with Crippen LogP contribution < -0.4 is 15.4 Å². The SMILES string of the molecule is Cc1cccc(Oc2cc(N3CCC(C(N)=O)C3)ccc2Cl)n1. The highest BCUT2D eigenvalue weighted by Crippen LogP contribution is 2.34. The van der Waals surface area contributed by atoms with E-state index in [4.69, 9.17) is 22.1 Å². The molecule has 6 heteroatoms. The van der Waals surface area contributed by atoms with Crippen molar-refractivity contribution in [2.45, 2.75) is 13.3 Å². The number of ether oxygens (including phenoxy) is 1. The van der Waals surface area contributed by atoms with Crippen LogP contribution in [-0.2, 0) is 4.79 Å². The highest BCUT2D eigenvalue weighted by atomic mass is 35.5. The second-order valence-electron chi connectivity index (χ2n) is 5.67. The fraction of sp³-hybridized carbons (Fsp3) is 0.294. The van der Waals surface area contributed by atoms with Crippen LogP contribution in [0.1, 0.15) is 12.1 Å². The summed E-state index contributed by atoms with van der Waals surface area (Å²) in [5, 5.41) is 0.516. The van der Waals surface area contributed by atoms with Crippen molar-refractivity contribution in [3.8, 4) is 11.6 Å². The van der Waals surface area contributed by atoms with Crippen LogP contribution >= 0.6 is 11.6 Å². The summed E-state index contributed by atoms with van der Waals surface area (Å²) in [6.07, 6.45) is 0.771. The highest BCUT2D eigenvalue weighted by Gasteiger charge is 2.27. The van der Waals surface area contributed by atoms with E-state index in [0.717, 1.165) is 24.3 Å². The number of anilines is 1. The Bertz CT molecular complexity index is 736. The zero-order valence-electron chi connectivity index (χ0n) is 12.8. The molecule has 1 aliphatic heterocycles. The molecule has 23 heavy (non-hydrogen) atoms. The number of halogens is 1. The van der Waals surface area contributed by atoms with Crippen LogP contribution in [0.25, 0.3) is 0 Å². The Morgan fingerprint density at radius 1 is 1.39 bits per heavy atom. The number of hydrogen-bond donors (Lipinski definition) is 1. The number of nitrogens with zero attached hydrogens (tertiary/aromatic N) is 2. The van der Waals surface area contributed by atoms with Gasteiger partial charge in [-0.3, -0.25) is 4.79 Å². The number of benzene rings is 1. The lowest BCUT2D eigenvalue weighted by atomic mass is 10.1. The van der Waals surface area contributed by atoms with Crippen LogP contribution in [0.5, 0.6) is 11.6 Å². The van der Waals surface area contributed by atoms with Crippen molar-refractivity contribution < 1.29 is 9.53 Å². The predicted molar refractivity (Wildman–Crippen MR) is 90.0 cm³/mol. The maximum atomic E-state index is 11.3. The van der Waals surface area contributed by atoms with Crippen LogP contribution in [-0.4, -0.2) is 24.0 Å². The molecule has 0 radical (unpaired) electrons. The van der Waals surface area contributed by atoms with Crippen LogP contribution in [0.2, 0.25) is 5.02 Å². The molecular formula is C17H18ClN3O2. The van der Waals surface area contributed by atoms with Gasteiger partial charge in [-0.05, 0) is 31.5 Å².